The molecule has 2 aromatic heterocycles. The number of nitrogens with zero attached hydrogens (tertiary/aromatic N) is 4. The lowest BCUT2D eigenvalue weighted by molar-refractivity contribution is -0.121. The predicted molar refractivity (Wildman–Crippen MR) is 93.9 cm³/mol. The van der Waals surface area contributed by atoms with E-state index in [2.05, 4.69) is 49.7 Å². The van der Waals surface area contributed by atoms with Gasteiger partial charge in [-0.1, -0.05) is 35.5 Å². The molecule has 2 atom stereocenters. The lowest BCUT2D eigenvalue weighted by Crippen LogP contribution is -2.26. The molecule has 3 aromatic rings. The number of amides is 1. The van der Waals surface area contributed by atoms with Gasteiger partial charge in [0.15, 0.2) is 0 Å². The second kappa shape index (κ2) is 7.43. The fraction of sp³-hybridized carbons (Fsp3) is 0.316. The van der Waals surface area contributed by atoms with Crippen LogP contribution in [0.3, 0.4) is 0 Å². The first-order valence-corrected chi connectivity index (χ1v) is 8.71. The van der Waals surface area contributed by atoms with E-state index in [1.807, 2.05) is 6.07 Å². The van der Waals surface area contributed by atoms with Gasteiger partial charge in [-0.25, -0.2) is 9.97 Å². The predicted octanol–water partition coefficient (Wildman–Crippen LogP) is 2.38. The highest BCUT2D eigenvalue weighted by molar-refractivity contribution is 5.76. The molecule has 1 amide bonds. The van der Waals surface area contributed by atoms with Crippen LogP contribution < -0.4 is 5.32 Å². The molecule has 7 heteroatoms. The van der Waals surface area contributed by atoms with Crippen molar-refractivity contribution in [2.75, 3.05) is 6.54 Å². The summed E-state index contributed by atoms with van der Waals surface area (Å²) in [6.45, 7) is 0.714. The molecule has 4 rings (SSSR count). The minimum atomic E-state index is -0.000534. The highest BCUT2D eigenvalue weighted by Gasteiger charge is 2.37. The van der Waals surface area contributed by atoms with Gasteiger partial charge in [0.2, 0.25) is 23.4 Å². The third kappa shape index (κ3) is 3.93. The Labute approximate surface area is 150 Å². The van der Waals surface area contributed by atoms with Gasteiger partial charge >= 0.3 is 0 Å². The Morgan fingerprint density at radius 3 is 2.73 bits per heavy atom. The zero-order valence-electron chi connectivity index (χ0n) is 14.2. The number of hydrogen-bond acceptors (Lipinski definition) is 6. The van der Waals surface area contributed by atoms with E-state index >= 15 is 0 Å². The largest absolute Gasteiger partial charge is 0.356 e. The van der Waals surface area contributed by atoms with Crippen LogP contribution in [0.25, 0.3) is 11.6 Å². The number of aromatic nitrogens is 4. The summed E-state index contributed by atoms with van der Waals surface area (Å²) < 4.78 is 5.16. The molecule has 2 heterocycles. The fourth-order valence-electron chi connectivity index (χ4n) is 3.00. The zero-order valence-corrected chi connectivity index (χ0v) is 14.2. The van der Waals surface area contributed by atoms with Gasteiger partial charge in [0, 0.05) is 31.8 Å². The van der Waals surface area contributed by atoms with Crippen LogP contribution in [0.4, 0.5) is 0 Å². The molecule has 0 bridgehead atoms. The van der Waals surface area contributed by atoms with Gasteiger partial charge in [-0.05, 0) is 29.9 Å². The maximum atomic E-state index is 12.0. The molecule has 7 nitrogen and oxygen atoms in total. The van der Waals surface area contributed by atoms with Gasteiger partial charge in [0.25, 0.3) is 0 Å². The second-order valence-corrected chi connectivity index (χ2v) is 6.40. The maximum Gasteiger partial charge on any atom is 0.240 e. The first-order valence-electron chi connectivity index (χ1n) is 8.71. The van der Waals surface area contributed by atoms with Gasteiger partial charge in [-0.3, -0.25) is 4.79 Å². The Morgan fingerprint density at radius 2 is 1.92 bits per heavy atom. The third-order valence-electron chi connectivity index (χ3n) is 4.51. The smallest absolute Gasteiger partial charge is 0.240 e. The van der Waals surface area contributed by atoms with E-state index in [1.165, 1.54) is 5.56 Å². The van der Waals surface area contributed by atoms with Crippen molar-refractivity contribution in [3.8, 4) is 11.6 Å². The lowest BCUT2D eigenvalue weighted by atomic mass is 10.1. The van der Waals surface area contributed by atoms with Crippen LogP contribution in [0.1, 0.15) is 30.2 Å². The Balaban J connectivity index is 1.21. The van der Waals surface area contributed by atoms with Crippen molar-refractivity contribution in [3.05, 3.63) is 60.2 Å². The number of rotatable bonds is 7. The van der Waals surface area contributed by atoms with E-state index in [1.54, 1.807) is 18.5 Å². The molecule has 26 heavy (non-hydrogen) atoms. The van der Waals surface area contributed by atoms with Crippen LogP contribution in [0.2, 0.25) is 0 Å². The summed E-state index contributed by atoms with van der Waals surface area (Å²) in [5, 5.41) is 6.85. The van der Waals surface area contributed by atoms with Gasteiger partial charge in [-0.15, -0.1) is 0 Å². The van der Waals surface area contributed by atoms with Gasteiger partial charge < -0.3 is 9.84 Å². The number of nitrogens with one attached hydrogen (secondary N) is 1. The number of aryl methyl sites for hydroxylation is 1. The number of carbonyl (C=O) groups is 1. The normalized spacial score (nSPS) is 18.5. The van der Waals surface area contributed by atoms with Crippen molar-refractivity contribution >= 4 is 5.91 Å². The van der Waals surface area contributed by atoms with E-state index in [9.17, 15) is 4.79 Å². The first-order chi connectivity index (χ1) is 12.8. The summed E-state index contributed by atoms with van der Waals surface area (Å²) in [7, 11) is 0. The molecule has 1 saturated carbocycles. The minimum absolute atomic E-state index is 0.000534. The highest BCUT2D eigenvalue weighted by atomic mass is 16.5. The van der Waals surface area contributed by atoms with E-state index in [0.29, 0.717) is 48.8 Å². The van der Waals surface area contributed by atoms with Gasteiger partial charge in [0.1, 0.15) is 0 Å². The number of hydrogen-bond donors (Lipinski definition) is 1. The molecule has 0 spiro atoms. The lowest BCUT2D eigenvalue weighted by Gasteiger charge is -2.04. The summed E-state index contributed by atoms with van der Waals surface area (Å²) in [4.78, 5) is 24.4. The Kier molecular flexibility index (Phi) is 4.68. The summed E-state index contributed by atoms with van der Waals surface area (Å²) >= 11 is 0. The monoisotopic (exact) mass is 349 g/mol. The van der Waals surface area contributed by atoms with Crippen LogP contribution in [0.15, 0.2) is 53.3 Å². The Hall–Kier alpha value is -3.09. The van der Waals surface area contributed by atoms with Crippen LogP contribution in [-0.4, -0.2) is 32.6 Å². The Bertz CT molecular complexity index is 866. The fourth-order valence-corrected chi connectivity index (χ4v) is 3.00. The van der Waals surface area contributed by atoms with Crippen molar-refractivity contribution in [1.29, 1.82) is 0 Å². The van der Waals surface area contributed by atoms with Crippen molar-refractivity contribution in [3.63, 3.8) is 0 Å². The summed E-state index contributed by atoms with van der Waals surface area (Å²) in [6, 6.07) is 12.2. The molecular formula is C19H19N5O2. The third-order valence-corrected chi connectivity index (χ3v) is 4.51. The van der Waals surface area contributed by atoms with Crippen molar-refractivity contribution in [1.82, 2.24) is 25.4 Å². The van der Waals surface area contributed by atoms with Crippen LogP contribution in [-0.2, 0) is 11.2 Å². The summed E-state index contributed by atoms with van der Waals surface area (Å²) in [5.74, 6) is 2.26. The van der Waals surface area contributed by atoms with E-state index < -0.39 is 0 Å². The van der Waals surface area contributed by atoms with E-state index in [0.717, 1.165) is 6.42 Å². The standard InChI is InChI=1S/C19H19N5O2/c25-16(22-12-14-11-15(14)13-5-2-1-3-6-13)7-8-17-23-19(24-26-17)18-20-9-4-10-21-18/h1-6,9-10,14-15H,7-8,11-12H2,(H,22,25)/t14-,15+/m0/s1. The molecule has 0 saturated heterocycles. The molecule has 132 valence electrons. The van der Waals surface area contributed by atoms with Crippen molar-refractivity contribution in [2.24, 2.45) is 5.92 Å². The second-order valence-electron chi connectivity index (χ2n) is 6.40. The highest BCUT2D eigenvalue weighted by Crippen LogP contribution is 2.46. The van der Waals surface area contributed by atoms with Crippen LogP contribution in [0.5, 0.6) is 0 Å². The van der Waals surface area contributed by atoms with Crippen LogP contribution in [0, 0.1) is 5.92 Å². The molecule has 1 aliphatic rings. The topological polar surface area (TPSA) is 93.8 Å². The molecule has 0 aliphatic heterocycles. The first kappa shape index (κ1) is 16.4. The molecule has 1 aromatic carbocycles. The number of carbonyl (C=O) groups excluding carboxylic acids is 1. The Morgan fingerprint density at radius 1 is 1.12 bits per heavy atom. The number of benzene rings is 1. The maximum absolute atomic E-state index is 12.0. The SMILES string of the molecule is O=C(CCc1nc(-c2ncccn2)no1)NC[C@@H]1C[C@@H]1c1ccccc1. The quantitative estimate of drug-likeness (QED) is 0.704. The average molecular weight is 349 g/mol. The van der Waals surface area contributed by atoms with Crippen molar-refractivity contribution < 1.29 is 9.32 Å². The molecule has 1 N–H and O–H groups in total. The van der Waals surface area contributed by atoms with Crippen LogP contribution >= 0.6 is 0 Å². The molecular weight excluding hydrogens is 330 g/mol. The summed E-state index contributed by atoms with van der Waals surface area (Å²) in [6.07, 6.45) is 5.09. The molecule has 1 fully saturated rings. The molecule has 0 unspecified atom stereocenters. The zero-order chi connectivity index (χ0) is 17.8. The van der Waals surface area contributed by atoms with Gasteiger partial charge in [-0.2, -0.15) is 4.98 Å². The molecule has 0 radical (unpaired) electrons. The molecule has 1 aliphatic carbocycles. The van der Waals surface area contributed by atoms with Crippen molar-refractivity contribution in [2.45, 2.75) is 25.2 Å². The minimum Gasteiger partial charge on any atom is -0.356 e. The average Bonchev–Trinajstić information content (AvgIpc) is 3.33. The van der Waals surface area contributed by atoms with E-state index in [4.69, 9.17) is 4.52 Å². The summed E-state index contributed by atoms with van der Waals surface area (Å²) in [5.41, 5.74) is 1.35. The van der Waals surface area contributed by atoms with Gasteiger partial charge in [0.05, 0.1) is 0 Å². The van der Waals surface area contributed by atoms with E-state index in [-0.39, 0.29) is 5.91 Å².